The molecule has 3 rings (SSSR count). The summed E-state index contributed by atoms with van der Waals surface area (Å²) in [5.74, 6) is 1.99. The second-order valence-corrected chi connectivity index (χ2v) is 6.86. The van der Waals surface area contributed by atoms with Crippen LogP contribution in [0, 0.1) is 5.92 Å². The molecule has 0 aromatic carbocycles. The summed E-state index contributed by atoms with van der Waals surface area (Å²) >= 11 is 1.70. The minimum atomic E-state index is 0.214. The number of thiazole rings is 1. The first-order valence-electron chi connectivity index (χ1n) is 7.60. The summed E-state index contributed by atoms with van der Waals surface area (Å²) in [6.07, 6.45) is 8.16. The molecule has 20 heavy (non-hydrogen) atoms. The second kappa shape index (κ2) is 5.74. The van der Waals surface area contributed by atoms with Crippen LogP contribution in [-0.2, 0) is 6.42 Å². The van der Waals surface area contributed by atoms with Crippen molar-refractivity contribution in [3.63, 3.8) is 0 Å². The zero-order valence-corrected chi connectivity index (χ0v) is 13.2. The summed E-state index contributed by atoms with van der Waals surface area (Å²) in [6.45, 7) is 3.27. The van der Waals surface area contributed by atoms with E-state index in [1.54, 1.807) is 11.3 Å². The Morgan fingerprint density at radius 3 is 3.00 bits per heavy atom. The van der Waals surface area contributed by atoms with Crippen LogP contribution in [0.15, 0.2) is 11.6 Å². The Bertz CT molecular complexity index is 569. The van der Waals surface area contributed by atoms with E-state index in [0.29, 0.717) is 0 Å². The van der Waals surface area contributed by atoms with Crippen molar-refractivity contribution in [3.05, 3.63) is 17.3 Å². The number of rotatable bonds is 6. The molecule has 0 bridgehead atoms. The predicted octanol–water partition coefficient (Wildman–Crippen LogP) is 2.91. The topological polar surface area (TPSA) is 46.6 Å². The molecule has 4 nitrogen and oxygen atoms in total. The molecular formula is C15H24N4S. The smallest absolute Gasteiger partial charge is 0.195 e. The molecule has 2 N–H and O–H groups in total. The normalized spacial score (nSPS) is 17.4. The van der Waals surface area contributed by atoms with E-state index in [-0.39, 0.29) is 6.04 Å². The third-order valence-corrected chi connectivity index (χ3v) is 5.19. The lowest BCUT2D eigenvalue weighted by Gasteiger charge is -2.30. The molecule has 0 saturated heterocycles. The monoisotopic (exact) mass is 292 g/mol. The Hall–Kier alpha value is -1.07. The van der Waals surface area contributed by atoms with Crippen LogP contribution < -0.4 is 10.6 Å². The molecule has 5 heteroatoms. The zero-order valence-electron chi connectivity index (χ0n) is 12.4. The predicted molar refractivity (Wildman–Crippen MR) is 85.7 cm³/mol. The number of imidazole rings is 1. The lowest BCUT2D eigenvalue weighted by Crippen LogP contribution is -2.31. The van der Waals surface area contributed by atoms with E-state index < -0.39 is 0 Å². The van der Waals surface area contributed by atoms with Crippen LogP contribution in [-0.4, -0.2) is 29.0 Å². The highest BCUT2D eigenvalue weighted by molar-refractivity contribution is 7.15. The largest absolute Gasteiger partial charge is 0.358 e. The molecular weight excluding hydrogens is 268 g/mol. The van der Waals surface area contributed by atoms with Crippen LogP contribution in [0.3, 0.4) is 0 Å². The fourth-order valence-electron chi connectivity index (χ4n) is 2.86. The first-order chi connectivity index (χ1) is 9.69. The lowest BCUT2D eigenvalue weighted by molar-refractivity contribution is 0.321. The number of hydrogen-bond acceptors (Lipinski definition) is 4. The van der Waals surface area contributed by atoms with Gasteiger partial charge in [-0.25, -0.2) is 4.98 Å². The Balaban J connectivity index is 1.87. The molecule has 1 saturated carbocycles. The minimum Gasteiger partial charge on any atom is -0.358 e. The van der Waals surface area contributed by atoms with Crippen LogP contribution in [0.4, 0.5) is 5.82 Å². The van der Waals surface area contributed by atoms with Gasteiger partial charge in [-0.15, -0.1) is 11.3 Å². The molecule has 2 heterocycles. The number of nitrogens with two attached hydrogens (primary N) is 1. The van der Waals surface area contributed by atoms with Crippen molar-refractivity contribution < 1.29 is 0 Å². The molecule has 1 atom stereocenters. The van der Waals surface area contributed by atoms with E-state index in [9.17, 15) is 0 Å². The van der Waals surface area contributed by atoms with E-state index in [2.05, 4.69) is 34.8 Å². The maximum absolute atomic E-state index is 6.18. The first-order valence-corrected chi connectivity index (χ1v) is 8.48. The summed E-state index contributed by atoms with van der Waals surface area (Å²) in [4.78, 5) is 8.24. The van der Waals surface area contributed by atoms with Gasteiger partial charge in [-0.1, -0.05) is 13.3 Å². The number of nitrogens with zero attached hydrogens (tertiary/aromatic N) is 3. The zero-order chi connectivity index (χ0) is 14.1. The maximum Gasteiger partial charge on any atom is 0.195 e. The Morgan fingerprint density at radius 2 is 2.35 bits per heavy atom. The molecule has 0 radical (unpaired) electrons. The quantitative estimate of drug-likeness (QED) is 0.890. The molecule has 1 aliphatic rings. The average Bonchev–Trinajstić information content (AvgIpc) is 2.96. The Kier molecular flexibility index (Phi) is 3.98. The molecule has 2 aromatic heterocycles. The molecule has 1 fully saturated rings. The molecule has 0 aliphatic heterocycles. The molecule has 0 amide bonds. The first kappa shape index (κ1) is 13.9. The highest BCUT2D eigenvalue weighted by Crippen LogP contribution is 2.30. The van der Waals surface area contributed by atoms with Gasteiger partial charge in [0.15, 0.2) is 10.8 Å². The Morgan fingerprint density at radius 1 is 1.55 bits per heavy atom. The van der Waals surface area contributed by atoms with Crippen LogP contribution >= 0.6 is 11.3 Å². The van der Waals surface area contributed by atoms with Gasteiger partial charge in [-0.05, 0) is 25.2 Å². The summed E-state index contributed by atoms with van der Waals surface area (Å²) in [6, 6.07) is 0.214. The number of hydrogen-bond donors (Lipinski definition) is 1. The van der Waals surface area contributed by atoms with E-state index in [1.165, 1.54) is 25.0 Å². The summed E-state index contributed by atoms with van der Waals surface area (Å²) in [5, 5.41) is 2.10. The second-order valence-electron chi connectivity index (χ2n) is 5.99. The maximum atomic E-state index is 6.18. The van der Waals surface area contributed by atoms with Crippen molar-refractivity contribution in [2.24, 2.45) is 11.7 Å². The fraction of sp³-hybridized carbons (Fsp3) is 0.667. The van der Waals surface area contributed by atoms with Crippen LogP contribution in [0.5, 0.6) is 0 Å². The molecule has 0 spiro atoms. The SMILES string of the molecule is CCC(N)Cc1c(N(C)CC2CCC2)nc2sccn12. The van der Waals surface area contributed by atoms with Crippen molar-refractivity contribution in [2.45, 2.75) is 45.1 Å². The van der Waals surface area contributed by atoms with Gasteiger partial charge < -0.3 is 10.6 Å². The minimum absolute atomic E-state index is 0.214. The average molecular weight is 292 g/mol. The highest BCUT2D eigenvalue weighted by atomic mass is 32.1. The molecule has 1 unspecified atom stereocenters. The number of fused-ring (bicyclic) bond motifs is 1. The third kappa shape index (κ3) is 2.56. The van der Waals surface area contributed by atoms with Gasteiger partial charge in [-0.3, -0.25) is 4.40 Å². The van der Waals surface area contributed by atoms with E-state index in [1.807, 2.05) is 0 Å². The highest BCUT2D eigenvalue weighted by Gasteiger charge is 2.23. The molecule has 110 valence electrons. The van der Waals surface area contributed by atoms with E-state index in [0.717, 1.165) is 36.1 Å². The van der Waals surface area contributed by atoms with Gasteiger partial charge in [0.05, 0.1) is 5.69 Å². The van der Waals surface area contributed by atoms with Crippen molar-refractivity contribution in [1.29, 1.82) is 0 Å². The van der Waals surface area contributed by atoms with E-state index in [4.69, 9.17) is 10.7 Å². The summed E-state index contributed by atoms with van der Waals surface area (Å²) < 4.78 is 2.22. The fourth-order valence-corrected chi connectivity index (χ4v) is 3.59. The lowest BCUT2D eigenvalue weighted by atomic mass is 9.85. The third-order valence-electron chi connectivity index (χ3n) is 4.44. The van der Waals surface area contributed by atoms with Gasteiger partial charge >= 0.3 is 0 Å². The van der Waals surface area contributed by atoms with Crippen molar-refractivity contribution >= 4 is 22.1 Å². The van der Waals surface area contributed by atoms with Gasteiger partial charge in [0.1, 0.15) is 0 Å². The summed E-state index contributed by atoms with van der Waals surface area (Å²) in [7, 11) is 2.17. The van der Waals surface area contributed by atoms with Gasteiger partial charge in [0.2, 0.25) is 0 Å². The van der Waals surface area contributed by atoms with Gasteiger partial charge in [-0.2, -0.15) is 0 Å². The van der Waals surface area contributed by atoms with Crippen molar-refractivity contribution in [1.82, 2.24) is 9.38 Å². The molecule has 2 aromatic rings. The summed E-state index contributed by atoms with van der Waals surface area (Å²) in [5.41, 5.74) is 7.45. The van der Waals surface area contributed by atoms with E-state index >= 15 is 0 Å². The van der Waals surface area contributed by atoms with Crippen LogP contribution in [0.2, 0.25) is 0 Å². The standard InChI is InChI=1S/C15H24N4S/c1-3-12(16)9-13-14(17-15-19(13)7-8-20-15)18(2)10-11-5-4-6-11/h7-8,11-12H,3-6,9-10,16H2,1-2H3. The molecule has 1 aliphatic carbocycles. The Labute approximate surface area is 124 Å². The van der Waals surface area contributed by atoms with Crippen LogP contribution in [0.1, 0.15) is 38.3 Å². The van der Waals surface area contributed by atoms with Gasteiger partial charge in [0.25, 0.3) is 0 Å². The number of anilines is 1. The number of aromatic nitrogens is 2. The van der Waals surface area contributed by atoms with Gasteiger partial charge in [0, 0.05) is 37.6 Å². The van der Waals surface area contributed by atoms with Crippen molar-refractivity contribution in [2.75, 3.05) is 18.5 Å². The van der Waals surface area contributed by atoms with Crippen LogP contribution in [0.25, 0.3) is 4.96 Å². The van der Waals surface area contributed by atoms with Crippen molar-refractivity contribution in [3.8, 4) is 0 Å².